The zero-order valence-corrected chi connectivity index (χ0v) is 21.3. The van der Waals surface area contributed by atoms with E-state index in [0.29, 0.717) is 10.6 Å². The number of amides is 2. The van der Waals surface area contributed by atoms with Crippen LogP contribution in [0.4, 0.5) is 4.39 Å². The molecular weight excluding hydrogens is 542 g/mol. The van der Waals surface area contributed by atoms with Crippen LogP contribution in [-0.2, 0) is 25.8 Å². The average Bonchev–Trinajstić information content (AvgIpc) is 2.80. The third-order valence-electron chi connectivity index (χ3n) is 6.18. The zero-order chi connectivity index (χ0) is 25.5. The number of carbonyl (C=O) groups is 2. The smallest absolute Gasteiger partial charge is 0.246 e. The molecule has 2 aromatic carbocycles. The Kier molecular flexibility index (Phi) is 7.34. The Bertz CT molecular complexity index is 1260. The fourth-order valence-electron chi connectivity index (χ4n) is 4.49. The summed E-state index contributed by atoms with van der Waals surface area (Å²) in [5.41, 5.74) is 6.62. The minimum Gasteiger partial charge on any atom is -0.333 e. The molecule has 0 aliphatic carbocycles. The zero-order valence-electron chi connectivity index (χ0n) is 18.3. The van der Waals surface area contributed by atoms with E-state index in [0.717, 1.165) is 9.80 Å². The lowest BCUT2D eigenvalue weighted by Gasteiger charge is -2.56. The number of hydrogen-bond acceptors (Lipinski definition) is 6. The Morgan fingerprint density at radius 3 is 2.34 bits per heavy atom. The summed E-state index contributed by atoms with van der Waals surface area (Å²) in [4.78, 5) is 26.6. The fraction of sp³-hybridized carbons (Fsp3) is 0.364. The van der Waals surface area contributed by atoms with Crippen LogP contribution >= 0.6 is 34.8 Å². The highest BCUT2D eigenvalue weighted by Crippen LogP contribution is 2.40. The summed E-state index contributed by atoms with van der Waals surface area (Å²) in [5, 5.41) is 3.43. The molecule has 2 saturated heterocycles. The molecule has 2 heterocycles. The van der Waals surface area contributed by atoms with Crippen molar-refractivity contribution in [3.63, 3.8) is 0 Å². The van der Waals surface area contributed by atoms with Gasteiger partial charge in [-0.05, 0) is 35.9 Å². The SMILES string of the molecule is NC1CNC2(S(=O)(=O)c3ccc(Cl)cc3Cl)CN(CCF)C(=O)C(Cc3ccc(Cl)cc3)N2C1=O. The van der Waals surface area contributed by atoms with Crippen molar-refractivity contribution >= 4 is 56.5 Å². The van der Waals surface area contributed by atoms with Gasteiger partial charge in [-0.1, -0.05) is 46.9 Å². The van der Waals surface area contributed by atoms with Crippen LogP contribution in [0.2, 0.25) is 15.1 Å². The second-order valence-electron chi connectivity index (χ2n) is 8.35. The van der Waals surface area contributed by atoms with Crippen LogP contribution in [0.15, 0.2) is 47.4 Å². The fourth-order valence-corrected chi connectivity index (χ4v) is 7.33. The summed E-state index contributed by atoms with van der Waals surface area (Å²) < 4.78 is 41.8. The first-order valence-electron chi connectivity index (χ1n) is 10.6. The van der Waals surface area contributed by atoms with Crippen LogP contribution in [0.5, 0.6) is 0 Å². The van der Waals surface area contributed by atoms with Crippen molar-refractivity contribution in [1.82, 2.24) is 15.1 Å². The molecule has 35 heavy (non-hydrogen) atoms. The molecule has 2 aromatic rings. The highest BCUT2D eigenvalue weighted by atomic mass is 35.5. The lowest BCUT2D eigenvalue weighted by molar-refractivity contribution is -0.164. The molecule has 2 amide bonds. The minimum absolute atomic E-state index is 0.0372. The molecule has 0 radical (unpaired) electrons. The highest BCUT2D eigenvalue weighted by molar-refractivity contribution is 7.93. The van der Waals surface area contributed by atoms with E-state index in [1.165, 1.54) is 18.2 Å². The van der Waals surface area contributed by atoms with E-state index in [-0.39, 0.29) is 34.5 Å². The maximum atomic E-state index is 14.2. The summed E-state index contributed by atoms with van der Waals surface area (Å²) in [7, 11) is -4.48. The van der Waals surface area contributed by atoms with E-state index in [1.807, 2.05) is 0 Å². The number of rotatable bonds is 6. The molecule has 2 fully saturated rings. The molecule has 2 aliphatic rings. The molecule has 4 rings (SSSR count). The van der Waals surface area contributed by atoms with Crippen LogP contribution in [-0.4, -0.2) is 73.4 Å². The van der Waals surface area contributed by atoms with Crippen LogP contribution in [0.25, 0.3) is 0 Å². The largest absolute Gasteiger partial charge is 0.333 e. The Morgan fingerprint density at radius 2 is 1.71 bits per heavy atom. The molecule has 3 unspecified atom stereocenters. The number of fused-ring (bicyclic) bond motifs is 1. The monoisotopic (exact) mass is 562 g/mol. The van der Waals surface area contributed by atoms with Crippen molar-refractivity contribution in [1.29, 1.82) is 0 Å². The normalized spacial score (nSPS) is 25.1. The van der Waals surface area contributed by atoms with Gasteiger partial charge in [0.1, 0.15) is 12.7 Å². The van der Waals surface area contributed by atoms with Crippen LogP contribution in [0.3, 0.4) is 0 Å². The molecular formula is C22H22Cl3FN4O4S. The molecule has 0 spiro atoms. The van der Waals surface area contributed by atoms with Crippen molar-refractivity contribution in [2.75, 3.05) is 26.3 Å². The number of nitrogens with zero attached hydrogens (tertiary/aromatic N) is 2. The predicted molar refractivity (Wildman–Crippen MR) is 131 cm³/mol. The van der Waals surface area contributed by atoms with Gasteiger partial charge in [0.05, 0.1) is 22.5 Å². The van der Waals surface area contributed by atoms with E-state index >= 15 is 0 Å². The number of carbonyl (C=O) groups excluding carboxylic acids is 2. The summed E-state index contributed by atoms with van der Waals surface area (Å²) in [6.07, 6.45) is -0.0372. The van der Waals surface area contributed by atoms with Gasteiger partial charge in [0.25, 0.3) is 0 Å². The highest BCUT2D eigenvalue weighted by Gasteiger charge is 2.62. The van der Waals surface area contributed by atoms with Crippen LogP contribution in [0.1, 0.15) is 5.56 Å². The lowest BCUT2D eigenvalue weighted by Crippen LogP contribution is -2.83. The molecule has 8 nitrogen and oxygen atoms in total. The van der Waals surface area contributed by atoms with E-state index in [9.17, 15) is 22.4 Å². The Balaban J connectivity index is 1.90. The van der Waals surface area contributed by atoms with Crippen molar-refractivity contribution < 1.29 is 22.4 Å². The molecule has 13 heteroatoms. The van der Waals surface area contributed by atoms with Crippen molar-refractivity contribution in [2.24, 2.45) is 5.73 Å². The molecule has 0 aromatic heterocycles. The van der Waals surface area contributed by atoms with Gasteiger partial charge in [-0.25, -0.2) is 12.8 Å². The molecule has 2 aliphatic heterocycles. The van der Waals surface area contributed by atoms with Gasteiger partial charge in [-0.15, -0.1) is 0 Å². The van der Waals surface area contributed by atoms with Gasteiger partial charge in [-0.3, -0.25) is 19.8 Å². The standard InChI is InChI=1S/C22H22Cl3FN4O4S/c23-14-3-1-13(2-4-14)9-18-21(32)29(8-7-26)12-22(28-11-17(27)20(31)30(18)22)35(33,34)19-6-5-15(24)10-16(19)25/h1-6,10,17-18,28H,7-9,11-12,27H2. The number of nitrogens with two attached hydrogens (primary N) is 1. The first kappa shape index (κ1) is 26.1. The maximum absolute atomic E-state index is 14.2. The summed E-state index contributed by atoms with van der Waals surface area (Å²) >= 11 is 18.2. The van der Waals surface area contributed by atoms with Gasteiger partial charge in [0.15, 0.2) is 0 Å². The van der Waals surface area contributed by atoms with Crippen LogP contribution < -0.4 is 11.1 Å². The summed E-state index contributed by atoms with van der Waals surface area (Å²) in [6, 6.07) is 8.05. The third-order valence-corrected chi connectivity index (χ3v) is 9.39. The van der Waals surface area contributed by atoms with Gasteiger partial charge < -0.3 is 10.6 Å². The maximum Gasteiger partial charge on any atom is 0.246 e. The predicted octanol–water partition coefficient (Wildman–Crippen LogP) is 2.26. The average molecular weight is 564 g/mol. The molecule has 188 valence electrons. The van der Waals surface area contributed by atoms with E-state index in [4.69, 9.17) is 40.5 Å². The van der Waals surface area contributed by atoms with E-state index < -0.39 is 51.9 Å². The topological polar surface area (TPSA) is 113 Å². The summed E-state index contributed by atoms with van der Waals surface area (Å²) in [6.45, 7) is -1.93. The van der Waals surface area contributed by atoms with Crippen molar-refractivity contribution in [3.05, 3.63) is 63.1 Å². The quantitative estimate of drug-likeness (QED) is 0.558. The number of sulfone groups is 1. The minimum atomic E-state index is -4.48. The number of nitrogens with one attached hydrogen (secondary N) is 1. The third kappa shape index (κ3) is 4.52. The second-order valence-corrected chi connectivity index (χ2v) is 11.8. The van der Waals surface area contributed by atoms with Gasteiger partial charge in [0, 0.05) is 29.6 Å². The molecule has 3 atom stereocenters. The Labute approximate surface area is 217 Å². The molecule has 3 N–H and O–H groups in total. The van der Waals surface area contributed by atoms with Gasteiger partial charge in [-0.2, -0.15) is 0 Å². The van der Waals surface area contributed by atoms with E-state index in [2.05, 4.69) is 5.32 Å². The Morgan fingerprint density at radius 1 is 1.06 bits per heavy atom. The number of alkyl halides is 1. The number of halogens is 4. The van der Waals surface area contributed by atoms with Gasteiger partial charge in [0.2, 0.25) is 26.6 Å². The van der Waals surface area contributed by atoms with Gasteiger partial charge >= 0.3 is 0 Å². The number of benzene rings is 2. The number of piperazine rings is 1. The first-order chi connectivity index (χ1) is 16.5. The molecule has 0 bridgehead atoms. The van der Waals surface area contributed by atoms with Crippen molar-refractivity contribution in [3.8, 4) is 0 Å². The van der Waals surface area contributed by atoms with E-state index in [1.54, 1.807) is 24.3 Å². The Hall–Kier alpha value is -1.95. The first-order valence-corrected chi connectivity index (χ1v) is 13.3. The van der Waals surface area contributed by atoms with Crippen LogP contribution in [0, 0.1) is 0 Å². The lowest BCUT2D eigenvalue weighted by atomic mass is 9.97. The second kappa shape index (κ2) is 9.84. The van der Waals surface area contributed by atoms with Crippen molar-refractivity contribution in [2.45, 2.75) is 28.4 Å². The number of hydrogen-bond donors (Lipinski definition) is 2. The molecule has 0 saturated carbocycles. The summed E-state index contributed by atoms with van der Waals surface area (Å²) in [5.74, 6) is -1.31.